The zero-order valence-corrected chi connectivity index (χ0v) is 12.8. The van der Waals surface area contributed by atoms with E-state index in [0.717, 1.165) is 42.0 Å². The normalized spacial score (nSPS) is 16.1. The highest BCUT2D eigenvalue weighted by atomic mass is 16.5. The molecular formula is C17H25NO2. The topological polar surface area (TPSA) is 38.3 Å². The molecule has 1 heterocycles. The van der Waals surface area contributed by atoms with Gasteiger partial charge in [-0.2, -0.15) is 0 Å². The highest BCUT2D eigenvalue weighted by Gasteiger charge is 2.18. The maximum atomic E-state index is 12.4. The Bertz CT molecular complexity index is 476. The van der Waals surface area contributed by atoms with E-state index in [-0.39, 0.29) is 5.78 Å². The molecule has 3 heteroatoms. The highest BCUT2D eigenvalue weighted by molar-refractivity contribution is 5.99. The molecule has 110 valence electrons. The molecule has 0 atom stereocenters. The lowest BCUT2D eigenvalue weighted by Gasteiger charge is -2.22. The van der Waals surface area contributed by atoms with Crippen LogP contribution in [0.15, 0.2) is 12.1 Å². The number of methoxy groups -OCH3 is 1. The van der Waals surface area contributed by atoms with E-state index in [0.29, 0.717) is 12.3 Å². The second-order valence-corrected chi connectivity index (χ2v) is 5.74. The Morgan fingerprint density at radius 3 is 2.65 bits per heavy atom. The Morgan fingerprint density at radius 1 is 1.30 bits per heavy atom. The quantitative estimate of drug-likeness (QED) is 0.838. The molecule has 0 amide bonds. The summed E-state index contributed by atoms with van der Waals surface area (Å²) in [5.74, 6) is 1.65. The number of carbonyl (C=O) groups is 1. The summed E-state index contributed by atoms with van der Waals surface area (Å²) in [6, 6.07) is 3.92. The van der Waals surface area contributed by atoms with Crippen molar-refractivity contribution in [3.8, 4) is 5.75 Å². The number of piperidine rings is 1. The molecule has 0 spiro atoms. The minimum Gasteiger partial charge on any atom is -0.496 e. The third kappa shape index (κ3) is 3.40. The van der Waals surface area contributed by atoms with Gasteiger partial charge >= 0.3 is 0 Å². The summed E-state index contributed by atoms with van der Waals surface area (Å²) >= 11 is 0. The maximum Gasteiger partial charge on any atom is 0.166 e. The van der Waals surface area contributed by atoms with Gasteiger partial charge in [-0.1, -0.05) is 6.07 Å². The zero-order chi connectivity index (χ0) is 14.5. The number of aryl methyl sites for hydroxylation is 1. The number of nitrogens with one attached hydrogen (secondary N) is 1. The van der Waals surface area contributed by atoms with Crippen LogP contribution in [0.2, 0.25) is 0 Å². The summed E-state index contributed by atoms with van der Waals surface area (Å²) in [6.07, 6.45) is 4.01. The predicted octanol–water partition coefficient (Wildman–Crippen LogP) is 3.27. The van der Waals surface area contributed by atoms with E-state index < -0.39 is 0 Å². The fourth-order valence-electron chi connectivity index (χ4n) is 2.91. The van der Waals surface area contributed by atoms with Gasteiger partial charge in [0, 0.05) is 6.42 Å². The molecule has 0 unspecified atom stereocenters. The number of hydrogen-bond donors (Lipinski definition) is 1. The van der Waals surface area contributed by atoms with Crippen molar-refractivity contribution in [1.82, 2.24) is 5.32 Å². The summed E-state index contributed by atoms with van der Waals surface area (Å²) in [7, 11) is 1.64. The van der Waals surface area contributed by atoms with Gasteiger partial charge in [0.15, 0.2) is 5.78 Å². The van der Waals surface area contributed by atoms with Crippen molar-refractivity contribution in [2.45, 2.75) is 39.5 Å². The molecule has 1 fully saturated rings. The van der Waals surface area contributed by atoms with Gasteiger partial charge in [-0.3, -0.25) is 4.79 Å². The average molecular weight is 275 g/mol. The van der Waals surface area contributed by atoms with Crippen LogP contribution in [0, 0.1) is 19.8 Å². The van der Waals surface area contributed by atoms with Gasteiger partial charge in [-0.25, -0.2) is 0 Å². The number of hydrogen-bond acceptors (Lipinski definition) is 3. The Labute approximate surface area is 121 Å². The average Bonchev–Trinajstić information content (AvgIpc) is 2.48. The summed E-state index contributed by atoms with van der Waals surface area (Å²) in [4.78, 5) is 12.4. The number of ketones is 1. The van der Waals surface area contributed by atoms with E-state index in [1.807, 2.05) is 26.0 Å². The van der Waals surface area contributed by atoms with Crippen molar-refractivity contribution < 1.29 is 9.53 Å². The van der Waals surface area contributed by atoms with Crippen molar-refractivity contribution in [1.29, 1.82) is 0 Å². The van der Waals surface area contributed by atoms with Gasteiger partial charge in [0.05, 0.1) is 12.7 Å². The summed E-state index contributed by atoms with van der Waals surface area (Å²) < 4.78 is 5.44. The molecule has 0 saturated carbocycles. The van der Waals surface area contributed by atoms with Crippen LogP contribution in [0.1, 0.15) is 47.2 Å². The molecule has 1 N–H and O–H groups in total. The smallest absolute Gasteiger partial charge is 0.166 e. The first-order valence-corrected chi connectivity index (χ1v) is 7.51. The minimum absolute atomic E-state index is 0.212. The number of carbonyl (C=O) groups excluding carboxylic acids is 1. The standard InChI is InChI=1S/C17H25NO2/c1-12-4-6-15(17(20-3)13(12)2)16(19)7-5-14-8-10-18-11-9-14/h4,6,14,18H,5,7-11H2,1-3H3. The van der Waals surface area contributed by atoms with E-state index >= 15 is 0 Å². The molecule has 3 nitrogen and oxygen atoms in total. The van der Waals surface area contributed by atoms with E-state index in [4.69, 9.17) is 4.74 Å². The fraction of sp³-hybridized carbons (Fsp3) is 0.588. The number of ether oxygens (including phenoxy) is 1. The van der Waals surface area contributed by atoms with Gasteiger partial charge < -0.3 is 10.1 Å². The number of rotatable bonds is 5. The van der Waals surface area contributed by atoms with E-state index in [1.165, 1.54) is 12.8 Å². The highest BCUT2D eigenvalue weighted by Crippen LogP contribution is 2.28. The first-order chi connectivity index (χ1) is 9.63. The largest absolute Gasteiger partial charge is 0.496 e. The zero-order valence-electron chi connectivity index (χ0n) is 12.8. The second kappa shape index (κ2) is 6.89. The molecule has 2 rings (SSSR count). The first-order valence-electron chi connectivity index (χ1n) is 7.51. The van der Waals surface area contributed by atoms with E-state index in [2.05, 4.69) is 5.32 Å². The molecule has 1 aliphatic rings. The Balaban J connectivity index is 2.03. The van der Waals surface area contributed by atoms with Crippen molar-refractivity contribution in [2.75, 3.05) is 20.2 Å². The molecule has 20 heavy (non-hydrogen) atoms. The summed E-state index contributed by atoms with van der Waals surface area (Å²) in [5, 5.41) is 3.36. The monoisotopic (exact) mass is 275 g/mol. The van der Waals surface area contributed by atoms with Crippen LogP contribution in [0.4, 0.5) is 0 Å². The summed E-state index contributed by atoms with van der Waals surface area (Å²) in [5.41, 5.74) is 2.97. The third-order valence-corrected chi connectivity index (χ3v) is 4.42. The van der Waals surface area contributed by atoms with Gasteiger partial charge in [-0.15, -0.1) is 0 Å². The second-order valence-electron chi connectivity index (χ2n) is 5.74. The van der Waals surface area contributed by atoms with Crippen LogP contribution in [0.5, 0.6) is 5.75 Å². The predicted molar refractivity (Wildman–Crippen MR) is 81.6 cm³/mol. The lowest BCUT2D eigenvalue weighted by atomic mass is 9.90. The fourth-order valence-corrected chi connectivity index (χ4v) is 2.91. The Morgan fingerprint density at radius 2 is 2.00 bits per heavy atom. The molecule has 1 aliphatic heterocycles. The van der Waals surface area contributed by atoms with E-state index in [1.54, 1.807) is 7.11 Å². The van der Waals surface area contributed by atoms with Gasteiger partial charge in [-0.05, 0) is 69.3 Å². The van der Waals surface area contributed by atoms with Crippen LogP contribution in [0.3, 0.4) is 0 Å². The van der Waals surface area contributed by atoms with E-state index in [9.17, 15) is 4.79 Å². The van der Waals surface area contributed by atoms with Gasteiger partial charge in [0.1, 0.15) is 5.75 Å². The number of Topliss-reactive ketones (excluding diaryl/α,β-unsaturated/α-hetero) is 1. The first kappa shape index (κ1) is 15.0. The molecule has 1 aromatic carbocycles. The molecule has 0 aromatic heterocycles. The molecule has 0 aliphatic carbocycles. The number of benzene rings is 1. The van der Waals surface area contributed by atoms with Crippen molar-refractivity contribution in [2.24, 2.45) is 5.92 Å². The molecule has 1 saturated heterocycles. The Hall–Kier alpha value is -1.35. The molecule has 0 bridgehead atoms. The third-order valence-electron chi connectivity index (χ3n) is 4.42. The van der Waals surface area contributed by atoms with Crippen molar-refractivity contribution in [3.63, 3.8) is 0 Å². The van der Waals surface area contributed by atoms with Crippen LogP contribution >= 0.6 is 0 Å². The van der Waals surface area contributed by atoms with Crippen LogP contribution in [-0.2, 0) is 0 Å². The van der Waals surface area contributed by atoms with Crippen molar-refractivity contribution >= 4 is 5.78 Å². The molecule has 0 radical (unpaired) electrons. The summed E-state index contributed by atoms with van der Waals surface area (Å²) in [6.45, 7) is 6.23. The van der Waals surface area contributed by atoms with Gasteiger partial charge in [0.25, 0.3) is 0 Å². The maximum absolute atomic E-state index is 12.4. The SMILES string of the molecule is COc1c(C(=O)CCC2CCNCC2)ccc(C)c1C. The van der Waals surface area contributed by atoms with Crippen LogP contribution < -0.4 is 10.1 Å². The Kier molecular flexibility index (Phi) is 5.18. The minimum atomic E-state index is 0.212. The lowest BCUT2D eigenvalue weighted by Crippen LogP contribution is -2.28. The van der Waals surface area contributed by atoms with Crippen LogP contribution in [-0.4, -0.2) is 26.0 Å². The molecule has 1 aromatic rings. The van der Waals surface area contributed by atoms with Crippen molar-refractivity contribution in [3.05, 3.63) is 28.8 Å². The lowest BCUT2D eigenvalue weighted by molar-refractivity contribution is 0.0967. The van der Waals surface area contributed by atoms with Gasteiger partial charge in [0.2, 0.25) is 0 Å². The van der Waals surface area contributed by atoms with Crippen LogP contribution in [0.25, 0.3) is 0 Å². The molecular weight excluding hydrogens is 250 g/mol.